The number of hydrogen-bond donors (Lipinski definition) is 1. The van der Waals surface area contributed by atoms with Gasteiger partial charge in [-0.05, 0) is 40.5 Å². The Hall–Kier alpha value is -3.43. The van der Waals surface area contributed by atoms with E-state index in [2.05, 4.69) is 112 Å². The second-order valence-corrected chi connectivity index (χ2v) is 8.40. The summed E-state index contributed by atoms with van der Waals surface area (Å²) in [6.45, 7) is 0. The molecule has 150 valence electrons. The van der Waals surface area contributed by atoms with Crippen molar-refractivity contribution in [2.24, 2.45) is 4.99 Å². The number of nitrogens with one attached hydrogen (secondary N) is 1. The Labute approximate surface area is 191 Å². The molecular formula is C28H21BrN2. The molecule has 1 unspecified atom stereocenters. The van der Waals surface area contributed by atoms with Crippen LogP contribution >= 0.6 is 15.9 Å². The third-order valence-electron chi connectivity index (χ3n) is 5.41. The van der Waals surface area contributed by atoms with Gasteiger partial charge in [-0.25, -0.2) is 0 Å². The van der Waals surface area contributed by atoms with Crippen molar-refractivity contribution in [3.63, 3.8) is 0 Å². The highest BCUT2D eigenvalue weighted by atomic mass is 79.9. The standard InChI is InChI=1S/C28H21BrN2/c29-25-17-15-23(16-18-25)27-19-26(30-28(31-27)24-9-5-2-6-10-24)22-13-11-21(12-14-22)20-7-3-1-4-8-20/h1-19,27H,(H,30,31). The van der Waals surface area contributed by atoms with Crippen molar-refractivity contribution < 1.29 is 0 Å². The fraction of sp³-hybridized carbons (Fsp3) is 0.0357. The lowest BCUT2D eigenvalue weighted by molar-refractivity contribution is 0.880. The molecule has 2 nitrogen and oxygen atoms in total. The van der Waals surface area contributed by atoms with E-state index in [1.807, 2.05) is 24.3 Å². The van der Waals surface area contributed by atoms with Crippen LogP contribution in [0.2, 0.25) is 0 Å². The molecule has 1 heterocycles. The van der Waals surface area contributed by atoms with Gasteiger partial charge in [0.1, 0.15) is 5.84 Å². The van der Waals surface area contributed by atoms with Gasteiger partial charge in [-0.15, -0.1) is 0 Å². The van der Waals surface area contributed by atoms with E-state index < -0.39 is 0 Å². The third kappa shape index (κ3) is 4.37. The summed E-state index contributed by atoms with van der Waals surface area (Å²) in [6, 6.07) is 37.8. The first-order chi connectivity index (χ1) is 15.3. The molecule has 0 spiro atoms. The van der Waals surface area contributed by atoms with E-state index in [1.165, 1.54) is 11.1 Å². The highest BCUT2D eigenvalue weighted by Gasteiger charge is 2.19. The van der Waals surface area contributed by atoms with Crippen molar-refractivity contribution >= 4 is 27.5 Å². The molecule has 0 aliphatic carbocycles. The van der Waals surface area contributed by atoms with Gasteiger partial charge in [0.15, 0.2) is 0 Å². The van der Waals surface area contributed by atoms with Crippen LogP contribution in [0.15, 0.2) is 125 Å². The Morgan fingerprint density at radius 3 is 1.77 bits per heavy atom. The summed E-state index contributed by atoms with van der Waals surface area (Å²) < 4.78 is 1.07. The fourth-order valence-electron chi connectivity index (χ4n) is 3.75. The first kappa shape index (κ1) is 19.5. The minimum Gasteiger partial charge on any atom is -0.340 e. The van der Waals surface area contributed by atoms with E-state index in [1.54, 1.807) is 0 Å². The molecule has 3 heteroatoms. The summed E-state index contributed by atoms with van der Waals surface area (Å²) in [6.07, 6.45) is 2.20. The third-order valence-corrected chi connectivity index (χ3v) is 5.94. The molecule has 0 fully saturated rings. The summed E-state index contributed by atoms with van der Waals surface area (Å²) >= 11 is 3.53. The van der Waals surface area contributed by atoms with Crippen LogP contribution in [0.4, 0.5) is 0 Å². The van der Waals surface area contributed by atoms with Gasteiger partial charge in [0.25, 0.3) is 0 Å². The maximum atomic E-state index is 5.01. The highest BCUT2D eigenvalue weighted by molar-refractivity contribution is 9.10. The van der Waals surface area contributed by atoms with Gasteiger partial charge < -0.3 is 5.32 Å². The monoisotopic (exact) mass is 464 g/mol. The van der Waals surface area contributed by atoms with Crippen molar-refractivity contribution in [1.82, 2.24) is 5.32 Å². The quantitative estimate of drug-likeness (QED) is 0.337. The minimum absolute atomic E-state index is 0.0478. The van der Waals surface area contributed by atoms with Crippen LogP contribution in [0.25, 0.3) is 16.8 Å². The van der Waals surface area contributed by atoms with Gasteiger partial charge in [-0.3, -0.25) is 4.99 Å². The lowest BCUT2D eigenvalue weighted by Gasteiger charge is -2.23. The van der Waals surface area contributed by atoms with E-state index >= 15 is 0 Å². The summed E-state index contributed by atoms with van der Waals surface area (Å²) in [5.74, 6) is 0.887. The molecule has 1 aliphatic rings. The van der Waals surface area contributed by atoms with E-state index in [9.17, 15) is 0 Å². The average Bonchev–Trinajstić information content (AvgIpc) is 2.85. The molecule has 0 aromatic heterocycles. The van der Waals surface area contributed by atoms with Crippen LogP contribution in [0.1, 0.15) is 22.7 Å². The maximum absolute atomic E-state index is 5.01. The van der Waals surface area contributed by atoms with Crippen LogP contribution in [0, 0.1) is 0 Å². The molecule has 1 atom stereocenters. The molecular weight excluding hydrogens is 444 g/mol. The summed E-state index contributed by atoms with van der Waals surface area (Å²) in [4.78, 5) is 5.01. The first-order valence-electron chi connectivity index (χ1n) is 10.3. The zero-order valence-corrected chi connectivity index (χ0v) is 18.5. The van der Waals surface area contributed by atoms with Crippen molar-refractivity contribution in [2.75, 3.05) is 0 Å². The Bertz CT molecular complexity index is 1230. The Balaban J connectivity index is 1.51. The molecule has 4 aromatic carbocycles. The van der Waals surface area contributed by atoms with Crippen molar-refractivity contribution in [3.05, 3.63) is 136 Å². The second-order valence-electron chi connectivity index (χ2n) is 7.49. The topological polar surface area (TPSA) is 24.4 Å². The molecule has 0 saturated heterocycles. The molecule has 0 bridgehead atoms. The van der Waals surface area contributed by atoms with Gasteiger partial charge in [0.05, 0.1) is 6.04 Å². The minimum atomic E-state index is -0.0478. The van der Waals surface area contributed by atoms with E-state index in [4.69, 9.17) is 4.99 Å². The smallest absolute Gasteiger partial charge is 0.133 e. The average molecular weight is 465 g/mol. The SMILES string of the molecule is Brc1ccc(C2C=C(c3ccc(-c4ccccc4)cc3)NC(c3ccccc3)=N2)cc1. The van der Waals surface area contributed by atoms with Crippen LogP contribution in [0.3, 0.4) is 0 Å². The maximum Gasteiger partial charge on any atom is 0.133 e. The van der Waals surface area contributed by atoms with Gasteiger partial charge in [0.2, 0.25) is 0 Å². The number of halogens is 1. The fourth-order valence-corrected chi connectivity index (χ4v) is 4.01. The Morgan fingerprint density at radius 1 is 0.581 bits per heavy atom. The molecule has 0 radical (unpaired) electrons. The van der Waals surface area contributed by atoms with Crippen LogP contribution in [0.5, 0.6) is 0 Å². The number of benzene rings is 4. The van der Waals surface area contributed by atoms with Gasteiger partial charge in [-0.2, -0.15) is 0 Å². The van der Waals surface area contributed by atoms with E-state index in [0.29, 0.717) is 0 Å². The molecule has 1 aliphatic heterocycles. The number of nitrogens with zero attached hydrogens (tertiary/aromatic N) is 1. The number of amidine groups is 1. The molecule has 0 saturated carbocycles. The van der Waals surface area contributed by atoms with Crippen LogP contribution in [-0.4, -0.2) is 5.84 Å². The predicted octanol–water partition coefficient (Wildman–Crippen LogP) is 7.25. The number of hydrogen-bond acceptors (Lipinski definition) is 2. The zero-order valence-electron chi connectivity index (χ0n) is 16.9. The summed E-state index contributed by atoms with van der Waals surface area (Å²) in [5.41, 5.74) is 6.89. The second kappa shape index (κ2) is 8.75. The summed E-state index contributed by atoms with van der Waals surface area (Å²) in [7, 11) is 0. The number of rotatable bonds is 4. The predicted molar refractivity (Wildman–Crippen MR) is 133 cm³/mol. The van der Waals surface area contributed by atoms with Gasteiger partial charge in [-0.1, -0.05) is 113 Å². The Morgan fingerprint density at radius 2 is 1.13 bits per heavy atom. The normalized spacial score (nSPS) is 15.6. The van der Waals surface area contributed by atoms with Crippen LogP contribution < -0.4 is 5.32 Å². The summed E-state index contributed by atoms with van der Waals surface area (Å²) in [5, 5.41) is 3.56. The van der Waals surface area contributed by atoms with Crippen LogP contribution in [-0.2, 0) is 0 Å². The lowest BCUT2D eigenvalue weighted by Crippen LogP contribution is -2.27. The molecule has 1 N–H and O–H groups in total. The Kier molecular flexibility index (Phi) is 5.51. The van der Waals surface area contributed by atoms with Gasteiger partial charge >= 0.3 is 0 Å². The molecule has 5 rings (SSSR count). The first-order valence-corrected chi connectivity index (χ1v) is 11.1. The van der Waals surface area contributed by atoms with E-state index in [-0.39, 0.29) is 6.04 Å². The van der Waals surface area contributed by atoms with E-state index in [0.717, 1.165) is 32.7 Å². The van der Waals surface area contributed by atoms with Crippen molar-refractivity contribution in [1.29, 1.82) is 0 Å². The lowest BCUT2D eigenvalue weighted by atomic mass is 9.99. The van der Waals surface area contributed by atoms with Crippen molar-refractivity contribution in [2.45, 2.75) is 6.04 Å². The largest absolute Gasteiger partial charge is 0.340 e. The highest BCUT2D eigenvalue weighted by Crippen LogP contribution is 2.30. The van der Waals surface area contributed by atoms with Gasteiger partial charge in [0, 0.05) is 15.7 Å². The zero-order chi connectivity index (χ0) is 21.0. The van der Waals surface area contributed by atoms with Crippen molar-refractivity contribution in [3.8, 4) is 11.1 Å². The molecule has 31 heavy (non-hydrogen) atoms. The molecule has 0 amide bonds. The number of aliphatic imine (C=N–C) groups is 1. The molecule has 4 aromatic rings.